The van der Waals surface area contributed by atoms with Gasteiger partial charge in [-0.25, -0.2) is 4.79 Å². The van der Waals surface area contributed by atoms with Gasteiger partial charge in [0.15, 0.2) is 0 Å². The van der Waals surface area contributed by atoms with Gasteiger partial charge in [0.25, 0.3) is 0 Å². The Hall–Kier alpha value is -0.830. The van der Waals surface area contributed by atoms with E-state index in [1.807, 2.05) is 0 Å². The maximum Gasteiger partial charge on any atom is 0.341 e. The normalized spacial score (nSPS) is 27.9. The number of carbonyl (C=O) groups excluding carboxylic acids is 1. The van der Waals surface area contributed by atoms with Gasteiger partial charge in [-0.05, 0) is 19.8 Å². The maximum absolute atomic E-state index is 9.94. The van der Waals surface area contributed by atoms with E-state index in [4.69, 9.17) is 4.74 Å². The molecule has 2 aliphatic heterocycles. The predicted molar refractivity (Wildman–Crippen MR) is 53.7 cm³/mol. The lowest BCUT2D eigenvalue weighted by Gasteiger charge is -2.05. The predicted octanol–water partition coefficient (Wildman–Crippen LogP) is 2.41. The van der Waals surface area contributed by atoms with Crippen molar-refractivity contribution in [2.75, 3.05) is 0 Å². The van der Waals surface area contributed by atoms with Crippen molar-refractivity contribution in [3.05, 3.63) is 11.8 Å². The van der Waals surface area contributed by atoms with E-state index >= 15 is 0 Å². The summed E-state index contributed by atoms with van der Waals surface area (Å²) >= 11 is 0. The number of ether oxygens (including phenoxy) is 2. The summed E-state index contributed by atoms with van der Waals surface area (Å²) in [7, 11) is 0. The standard InChI is InChI=1S/C7H14O.C4H4O2/c1-3-5-7-6(4-2)8-7;1-3-2-6-4(3)5/h6-7H,3-5H2,1-2H3;2H,1H3. The quantitative estimate of drug-likeness (QED) is 0.516. The second kappa shape index (κ2) is 5.15. The SMILES string of the molecule is CC1=COC1=O.CCCC1OC1CC. The molecule has 0 aromatic carbocycles. The molecule has 2 rings (SSSR count). The first-order chi connectivity index (χ1) is 6.69. The lowest BCUT2D eigenvalue weighted by molar-refractivity contribution is -0.138. The first-order valence-corrected chi connectivity index (χ1v) is 5.22. The molecule has 1 saturated heterocycles. The van der Waals surface area contributed by atoms with Gasteiger partial charge in [-0.2, -0.15) is 0 Å². The van der Waals surface area contributed by atoms with Gasteiger partial charge in [0.1, 0.15) is 6.26 Å². The molecule has 3 nitrogen and oxygen atoms in total. The van der Waals surface area contributed by atoms with Crippen LogP contribution in [-0.4, -0.2) is 18.2 Å². The molecule has 2 heterocycles. The van der Waals surface area contributed by atoms with Crippen LogP contribution in [0.15, 0.2) is 11.8 Å². The average Bonchev–Trinajstić information content (AvgIpc) is 2.95. The van der Waals surface area contributed by atoms with Crippen LogP contribution in [0.5, 0.6) is 0 Å². The fourth-order valence-corrected chi connectivity index (χ4v) is 1.30. The first-order valence-electron chi connectivity index (χ1n) is 5.22. The van der Waals surface area contributed by atoms with E-state index in [0.717, 1.165) is 0 Å². The molecule has 80 valence electrons. The molecule has 0 aromatic heterocycles. The number of epoxide rings is 1. The maximum atomic E-state index is 9.94. The first kappa shape index (κ1) is 11.2. The van der Waals surface area contributed by atoms with E-state index < -0.39 is 0 Å². The van der Waals surface area contributed by atoms with Crippen LogP contribution < -0.4 is 0 Å². The van der Waals surface area contributed by atoms with Crippen molar-refractivity contribution in [3.8, 4) is 0 Å². The highest BCUT2D eigenvalue weighted by Gasteiger charge is 2.35. The van der Waals surface area contributed by atoms with Gasteiger partial charge < -0.3 is 9.47 Å². The minimum absolute atomic E-state index is 0.199. The Morgan fingerprint density at radius 2 is 2.00 bits per heavy atom. The lowest BCUT2D eigenvalue weighted by Crippen LogP contribution is -2.10. The van der Waals surface area contributed by atoms with Crippen molar-refractivity contribution in [3.63, 3.8) is 0 Å². The van der Waals surface area contributed by atoms with Gasteiger partial charge in [0.05, 0.1) is 17.8 Å². The van der Waals surface area contributed by atoms with Crippen LogP contribution >= 0.6 is 0 Å². The van der Waals surface area contributed by atoms with Crippen molar-refractivity contribution in [1.29, 1.82) is 0 Å². The highest BCUT2D eigenvalue weighted by Crippen LogP contribution is 2.28. The summed E-state index contributed by atoms with van der Waals surface area (Å²) in [6.07, 6.45) is 6.41. The zero-order valence-corrected chi connectivity index (χ0v) is 9.08. The van der Waals surface area contributed by atoms with Gasteiger partial charge >= 0.3 is 5.97 Å². The van der Waals surface area contributed by atoms with Crippen molar-refractivity contribution in [2.45, 2.75) is 52.2 Å². The minimum Gasteiger partial charge on any atom is -0.430 e. The monoisotopic (exact) mass is 198 g/mol. The Morgan fingerprint density at radius 1 is 1.36 bits per heavy atom. The van der Waals surface area contributed by atoms with Gasteiger partial charge in [-0.15, -0.1) is 0 Å². The van der Waals surface area contributed by atoms with E-state index in [2.05, 4.69) is 18.6 Å². The van der Waals surface area contributed by atoms with Crippen LogP contribution in [0.3, 0.4) is 0 Å². The molecule has 2 aliphatic rings. The van der Waals surface area contributed by atoms with E-state index in [-0.39, 0.29) is 5.97 Å². The second-order valence-corrected chi connectivity index (χ2v) is 3.62. The molecule has 0 amide bonds. The summed E-state index contributed by atoms with van der Waals surface area (Å²) in [4.78, 5) is 9.94. The van der Waals surface area contributed by atoms with Crippen LogP contribution in [0.25, 0.3) is 0 Å². The molecular formula is C11H18O3. The molecule has 0 saturated carbocycles. The molecule has 0 spiro atoms. The Kier molecular flexibility index (Phi) is 4.14. The summed E-state index contributed by atoms with van der Waals surface area (Å²) in [5, 5.41) is 0. The smallest absolute Gasteiger partial charge is 0.341 e. The third-order valence-electron chi connectivity index (χ3n) is 2.33. The summed E-state index contributed by atoms with van der Waals surface area (Å²) in [5.74, 6) is -0.199. The van der Waals surface area contributed by atoms with E-state index in [9.17, 15) is 4.79 Å². The molecule has 0 aromatic rings. The number of hydrogen-bond donors (Lipinski definition) is 0. The molecule has 0 bridgehead atoms. The molecule has 1 fully saturated rings. The minimum atomic E-state index is -0.199. The number of esters is 1. The van der Waals surface area contributed by atoms with Crippen LogP contribution in [0.1, 0.15) is 40.0 Å². The highest BCUT2D eigenvalue weighted by atomic mass is 16.6. The molecule has 2 atom stereocenters. The summed E-state index contributed by atoms with van der Waals surface area (Å²) in [6, 6.07) is 0. The van der Waals surface area contributed by atoms with Crippen molar-refractivity contribution in [1.82, 2.24) is 0 Å². The number of carbonyl (C=O) groups is 1. The van der Waals surface area contributed by atoms with Crippen LogP contribution in [0, 0.1) is 0 Å². The average molecular weight is 198 g/mol. The fourth-order valence-electron chi connectivity index (χ4n) is 1.30. The van der Waals surface area contributed by atoms with Crippen LogP contribution in [0.2, 0.25) is 0 Å². The molecular weight excluding hydrogens is 180 g/mol. The van der Waals surface area contributed by atoms with Gasteiger partial charge in [-0.1, -0.05) is 20.3 Å². The molecule has 0 N–H and O–H groups in total. The van der Waals surface area contributed by atoms with Gasteiger partial charge in [-0.3, -0.25) is 0 Å². The third kappa shape index (κ3) is 3.14. The summed E-state index contributed by atoms with van der Waals surface area (Å²) in [6.45, 7) is 6.10. The number of cyclic esters (lactones) is 1. The topological polar surface area (TPSA) is 38.8 Å². The highest BCUT2D eigenvalue weighted by molar-refractivity contribution is 5.92. The zero-order chi connectivity index (χ0) is 10.6. The molecule has 0 aliphatic carbocycles. The summed E-state index contributed by atoms with van der Waals surface area (Å²) in [5.41, 5.74) is 0.704. The molecule has 0 radical (unpaired) electrons. The van der Waals surface area contributed by atoms with Gasteiger partial charge in [0.2, 0.25) is 0 Å². The Bertz CT molecular complexity index is 233. The van der Waals surface area contributed by atoms with Crippen LogP contribution in [-0.2, 0) is 14.3 Å². The van der Waals surface area contributed by atoms with Crippen LogP contribution in [0.4, 0.5) is 0 Å². The third-order valence-corrected chi connectivity index (χ3v) is 2.33. The number of hydrogen-bond acceptors (Lipinski definition) is 3. The van der Waals surface area contributed by atoms with Crippen molar-refractivity contribution in [2.24, 2.45) is 0 Å². The Labute approximate surface area is 85.1 Å². The molecule has 2 unspecified atom stereocenters. The Balaban J connectivity index is 0.000000146. The zero-order valence-electron chi connectivity index (χ0n) is 9.08. The van der Waals surface area contributed by atoms with E-state index in [1.54, 1.807) is 6.92 Å². The Morgan fingerprint density at radius 3 is 2.21 bits per heavy atom. The van der Waals surface area contributed by atoms with E-state index in [1.165, 1.54) is 25.5 Å². The van der Waals surface area contributed by atoms with Gasteiger partial charge in [0, 0.05) is 0 Å². The second-order valence-electron chi connectivity index (χ2n) is 3.62. The summed E-state index contributed by atoms with van der Waals surface area (Å²) < 4.78 is 9.55. The fraction of sp³-hybridized carbons (Fsp3) is 0.727. The molecule has 14 heavy (non-hydrogen) atoms. The van der Waals surface area contributed by atoms with Crippen molar-refractivity contribution < 1.29 is 14.3 Å². The number of rotatable bonds is 3. The van der Waals surface area contributed by atoms with Crippen molar-refractivity contribution >= 4 is 5.97 Å². The molecule has 3 heteroatoms. The van der Waals surface area contributed by atoms with E-state index in [0.29, 0.717) is 17.8 Å². The lowest BCUT2D eigenvalue weighted by atomic mass is 10.2. The largest absolute Gasteiger partial charge is 0.430 e.